The quantitative estimate of drug-likeness (QED) is 0.740. The number of rotatable bonds is 8. The van der Waals surface area contributed by atoms with Crippen LogP contribution in [0.25, 0.3) is 0 Å². The van der Waals surface area contributed by atoms with E-state index in [1.54, 1.807) is 0 Å². The number of benzene rings is 1. The first-order valence-corrected chi connectivity index (χ1v) is 9.33. The third-order valence-electron chi connectivity index (χ3n) is 4.61. The SMILES string of the molecule is CC(C)c1ccccc1O[C@H](C)C(=O)NCCCN1CCCCC1. The van der Waals surface area contributed by atoms with E-state index in [1.807, 2.05) is 25.1 Å². The third kappa shape index (κ3) is 5.82. The summed E-state index contributed by atoms with van der Waals surface area (Å²) in [4.78, 5) is 14.7. The van der Waals surface area contributed by atoms with Crippen LogP contribution < -0.4 is 10.1 Å². The van der Waals surface area contributed by atoms with Crippen LogP contribution in [0.15, 0.2) is 24.3 Å². The van der Waals surface area contributed by atoms with E-state index in [1.165, 1.54) is 32.4 Å². The van der Waals surface area contributed by atoms with Crippen molar-refractivity contribution in [2.24, 2.45) is 0 Å². The van der Waals surface area contributed by atoms with E-state index >= 15 is 0 Å². The van der Waals surface area contributed by atoms with Crippen LogP contribution >= 0.6 is 0 Å². The van der Waals surface area contributed by atoms with Gasteiger partial charge in [-0.2, -0.15) is 0 Å². The Morgan fingerprint density at radius 1 is 1.17 bits per heavy atom. The first kappa shape index (κ1) is 18.8. The van der Waals surface area contributed by atoms with E-state index in [-0.39, 0.29) is 5.91 Å². The summed E-state index contributed by atoms with van der Waals surface area (Å²) in [7, 11) is 0. The number of piperidine rings is 1. The molecular formula is C20H32N2O2. The first-order chi connectivity index (χ1) is 11.6. The molecule has 4 heteroatoms. The highest BCUT2D eigenvalue weighted by Crippen LogP contribution is 2.26. The zero-order valence-corrected chi connectivity index (χ0v) is 15.4. The van der Waals surface area contributed by atoms with E-state index in [0.29, 0.717) is 5.92 Å². The minimum Gasteiger partial charge on any atom is -0.481 e. The monoisotopic (exact) mass is 332 g/mol. The van der Waals surface area contributed by atoms with Gasteiger partial charge >= 0.3 is 0 Å². The van der Waals surface area contributed by atoms with Crippen LogP contribution in [0.1, 0.15) is 57.9 Å². The van der Waals surface area contributed by atoms with Crippen molar-refractivity contribution in [2.45, 2.75) is 58.5 Å². The maximum atomic E-state index is 12.2. The summed E-state index contributed by atoms with van der Waals surface area (Å²) < 4.78 is 5.89. The fraction of sp³-hybridized carbons (Fsp3) is 0.650. The van der Waals surface area contributed by atoms with Gasteiger partial charge in [0.2, 0.25) is 0 Å². The summed E-state index contributed by atoms with van der Waals surface area (Å²) in [5, 5.41) is 3.00. The molecule has 1 amide bonds. The molecule has 1 fully saturated rings. The topological polar surface area (TPSA) is 41.6 Å². The van der Waals surface area contributed by atoms with E-state index < -0.39 is 6.10 Å². The maximum Gasteiger partial charge on any atom is 0.260 e. The number of para-hydroxylation sites is 1. The van der Waals surface area contributed by atoms with Crippen molar-refractivity contribution in [1.29, 1.82) is 0 Å². The van der Waals surface area contributed by atoms with Crippen LogP contribution in [0.2, 0.25) is 0 Å². The number of likely N-dealkylation sites (tertiary alicyclic amines) is 1. The highest BCUT2D eigenvalue weighted by Gasteiger charge is 2.17. The van der Waals surface area contributed by atoms with Crippen molar-refractivity contribution < 1.29 is 9.53 Å². The normalized spacial score (nSPS) is 16.8. The molecule has 1 atom stereocenters. The molecule has 134 valence electrons. The van der Waals surface area contributed by atoms with Crippen molar-refractivity contribution in [1.82, 2.24) is 10.2 Å². The molecule has 0 unspecified atom stereocenters. The van der Waals surface area contributed by atoms with Crippen LogP contribution in [0.5, 0.6) is 5.75 Å². The predicted molar refractivity (Wildman–Crippen MR) is 98.5 cm³/mol. The van der Waals surface area contributed by atoms with Gasteiger partial charge in [-0.15, -0.1) is 0 Å². The van der Waals surface area contributed by atoms with Crippen molar-refractivity contribution in [3.63, 3.8) is 0 Å². The minimum atomic E-state index is -0.472. The Kier molecular flexibility index (Phi) is 7.57. The average molecular weight is 332 g/mol. The Labute approximate surface area is 146 Å². The average Bonchev–Trinajstić information content (AvgIpc) is 2.59. The largest absolute Gasteiger partial charge is 0.481 e. The van der Waals surface area contributed by atoms with Crippen LogP contribution in [-0.2, 0) is 4.79 Å². The first-order valence-electron chi connectivity index (χ1n) is 9.33. The summed E-state index contributed by atoms with van der Waals surface area (Å²) in [6, 6.07) is 7.96. The second-order valence-corrected chi connectivity index (χ2v) is 7.00. The summed E-state index contributed by atoms with van der Waals surface area (Å²) in [5.41, 5.74) is 1.14. The lowest BCUT2D eigenvalue weighted by molar-refractivity contribution is -0.127. The number of carbonyl (C=O) groups excluding carboxylic acids is 1. The van der Waals surface area contributed by atoms with Gasteiger partial charge in [-0.1, -0.05) is 38.5 Å². The fourth-order valence-corrected chi connectivity index (χ4v) is 3.15. The van der Waals surface area contributed by atoms with E-state index in [4.69, 9.17) is 4.74 Å². The molecule has 1 saturated heterocycles. The lowest BCUT2D eigenvalue weighted by Gasteiger charge is -2.26. The van der Waals surface area contributed by atoms with Crippen molar-refractivity contribution >= 4 is 5.91 Å². The molecule has 0 aliphatic carbocycles. The van der Waals surface area contributed by atoms with E-state index in [9.17, 15) is 4.79 Å². The van der Waals surface area contributed by atoms with Gasteiger partial charge in [0.15, 0.2) is 6.10 Å². The number of hydrogen-bond donors (Lipinski definition) is 1. The molecule has 1 aromatic rings. The molecule has 0 saturated carbocycles. The fourth-order valence-electron chi connectivity index (χ4n) is 3.15. The Balaban J connectivity index is 1.72. The third-order valence-corrected chi connectivity index (χ3v) is 4.61. The smallest absolute Gasteiger partial charge is 0.260 e. The standard InChI is InChI=1S/C20H32N2O2/c1-16(2)18-10-5-6-11-19(18)24-17(3)20(23)21-12-9-15-22-13-7-4-8-14-22/h5-6,10-11,16-17H,4,7-9,12-15H2,1-3H3,(H,21,23)/t17-/m1/s1. The van der Waals surface area contributed by atoms with Gasteiger partial charge in [-0.05, 0) is 63.4 Å². The molecule has 2 rings (SSSR count). The molecule has 0 spiro atoms. The second-order valence-electron chi connectivity index (χ2n) is 7.00. The van der Waals surface area contributed by atoms with Crippen LogP contribution in [0, 0.1) is 0 Å². The number of amides is 1. The van der Waals surface area contributed by atoms with E-state index in [0.717, 1.165) is 30.8 Å². The summed E-state index contributed by atoms with van der Waals surface area (Å²) in [6.07, 6.45) is 4.51. The van der Waals surface area contributed by atoms with Gasteiger partial charge in [-0.3, -0.25) is 4.79 Å². The molecule has 1 aromatic carbocycles. The van der Waals surface area contributed by atoms with Gasteiger partial charge in [0.25, 0.3) is 5.91 Å². The lowest BCUT2D eigenvalue weighted by Crippen LogP contribution is -2.38. The molecule has 1 heterocycles. The molecule has 0 aromatic heterocycles. The van der Waals surface area contributed by atoms with Crippen molar-refractivity contribution in [2.75, 3.05) is 26.2 Å². The maximum absolute atomic E-state index is 12.2. The second kappa shape index (κ2) is 9.67. The summed E-state index contributed by atoms with van der Waals surface area (Å²) in [6.45, 7) is 10.3. The predicted octanol–water partition coefficient (Wildman–Crippen LogP) is 3.57. The van der Waals surface area contributed by atoms with E-state index in [2.05, 4.69) is 30.1 Å². The Morgan fingerprint density at radius 3 is 2.58 bits per heavy atom. The van der Waals surface area contributed by atoms with Gasteiger partial charge in [0, 0.05) is 6.54 Å². The number of nitrogens with one attached hydrogen (secondary N) is 1. The zero-order chi connectivity index (χ0) is 17.4. The molecule has 4 nitrogen and oxygen atoms in total. The summed E-state index contributed by atoms with van der Waals surface area (Å²) >= 11 is 0. The van der Waals surface area contributed by atoms with Gasteiger partial charge in [0.1, 0.15) is 5.75 Å². The molecule has 24 heavy (non-hydrogen) atoms. The summed E-state index contributed by atoms with van der Waals surface area (Å²) in [5.74, 6) is 1.15. The molecule has 1 N–H and O–H groups in total. The molecule has 0 bridgehead atoms. The highest BCUT2D eigenvalue weighted by atomic mass is 16.5. The Hall–Kier alpha value is -1.55. The highest BCUT2D eigenvalue weighted by molar-refractivity contribution is 5.80. The van der Waals surface area contributed by atoms with Crippen LogP contribution in [-0.4, -0.2) is 43.1 Å². The van der Waals surface area contributed by atoms with Crippen molar-refractivity contribution in [3.05, 3.63) is 29.8 Å². The molecule has 1 aliphatic rings. The van der Waals surface area contributed by atoms with Gasteiger partial charge in [0.05, 0.1) is 0 Å². The van der Waals surface area contributed by atoms with Gasteiger partial charge < -0.3 is 15.0 Å². The van der Waals surface area contributed by atoms with Crippen molar-refractivity contribution in [3.8, 4) is 5.75 Å². The number of ether oxygens (including phenoxy) is 1. The Bertz CT molecular complexity index is 510. The van der Waals surface area contributed by atoms with Gasteiger partial charge in [-0.25, -0.2) is 0 Å². The Morgan fingerprint density at radius 2 is 1.88 bits per heavy atom. The van der Waals surface area contributed by atoms with Crippen LogP contribution in [0.4, 0.5) is 0 Å². The minimum absolute atomic E-state index is 0.0350. The molecule has 0 radical (unpaired) electrons. The molecular weight excluding hydrogens is 300 g/mol. The number of carbonyl (C=O) groups is 1. The lowest BCUT2D eigenvalue weighted by atomic mass is 10.0. The zero-order valence-electron chi connectivity index (χ0n) is 15.4. The van der Waals surface area contributed by atoms with Crippen LogP contribution in [0.3, 0.4) is 0 Å². The number of hydrogen-bond acceptors (Lipinski definition) is 3. The number of nitrogens with zero attached hydrogens (tertiary/aromatic N) is 1. The molecule has 1 aliphatic heterocycles.